The van der Waals surface area contributed by atoms with E-state index in [-0.39, 0.29) is 5.91 Å². The van der Waals surface area contributed by atoms with Gasteiger partial charge in [-0.25, -0.2) is 0 Å². The molecule has 37 heavy (non-hydrogen) atoms. The number of benzene rings is 1. The zero-order valence-electron chi connectivity index (χ0n) is 22.3. The van der Waals surface area contributed by atoms with Crippen LogP contribution in [0.4, 0.5) is 0 Å². The van der Waals surface area contributed by atoms with Crippen LogP contribution in [0, 0.1) is 20.8 Å². The van der Waals surface area contributed by atoms with Crippen molar-refractivity contribution in [1.29, 1.82) is 0 Å². The zero-order chi connectivity index (χ0) is 26.5. The summed E-state index contributed by atoms with van der Waals surface area (Å²) < 4.78 is 2.13. The summed E-state index contributed by atoms with van der Waals surface area (Å²) in [5.74, 6) is 1.85. The first-order valence-corrected chi connectivity index (χ1v) is 13.9. The highest BCUT2D eigenvalue weighted by Gasteiger charge is 2.26. The lowest BCUT2D eigenvalue weighted by Gasteiger charge is -2.32. The molecule has 0 radical (unpaired) electrons. The molecular formula is C27H36ClN7OS. The van der Waals surface area contributed by atoms with Crippen molar-refractivity contribution in [2.45, 2.75) is 40.7 Å². The molecule has 0 aliphatic carbocycles. The first-order chi connectivity index (χ1) is 17.7. The lowest BCUT2D eigenvalue weighted by atomic mass is 10.00. The number of fused-ring (bicyclic) bond motifs is 3. The third-order valence-electron chi connectivity index (χ3n) is 6.82. The van der Waals surface area contributed by atoms with Crippen LogP contribution >= 0.6 is 22.9 Å². The average Bonchev–Trinajstić information content (AvgIpc) is 3.32. The Hall–Kier alpha value is -2.59. The van der Waals surface area contributed by atoms with Crippen LogP contribution in [0.15, 0.2) is 29.3 Å². The number of hydrogen-bond acceptors (Lipinski definition) is 7. The number of likely N-dealkylation sites (N-methyl/N-ethyl adjacent to an activating group) is 1. The van der Waals surface area contributed by atoms with Gasteiger partial charge in [0.05, 0.1) is 5.71 Å². The number of aromatic nitrogens is 3. The predicted octanol–water partition coefficient (Wildman–Crippen LogP) is 4.02. The molecule has 1 aromatic carbocycles. The van der Waals surface area contributed by atoms with Gasteiger partial charge in [0.2, 0.25) is 5.91 Å². The van der Waals surface area contributed by atoms with Gasteiger partial charge in [-0.2, -0.15) is 0 Å². The Bertz CT molecular complexity index is 1260. The van der Waals surface area contributed by atoms with Gasteiger partial charge in [0.15, 0.2) is 5.82 Å². The number of carbonyl (C=O) groups excluding carboxylic acids is 1. The smallest absolute Gasteiger partial charge is 0.216 e. The first-order valence-electron chi connectivity index (χ1n) is 12.7. The molecule has 8 nitrogen and oxygen atoms in total. The largest absolute Gasteiger partial charge is 0.356 e. The molecule has 1 saturated heterocycles. The van der Waals surface area contributed by atoms with E-state index in [0.717, 1.165) is 65.5 Å². The van der Waals surface area contributed by atoms with Crippen LogP contribution in [0.1, 0.15) is 46.6 Å². The second-order valence-corrected chi connectivity index (χ2v) is 11.3. The van der Waals surface area contributed by atoms with Crippen molar-refractivity contribution in [3.05, 3.63) is 62.5 Å². The maximum atomic E-state index is 10.6. The molecule has 0 bridgehead atoms. The molecule has 4 heterocycles. The van der Waals surface area contributed by atoms with Crippen LogP contribution in [0.2, 0.25) is 5.02 Å². The van der Waals surface area contributed by atoms with Crippen molar-refractivity contribution in [1.82, 2.24) is 29.9 Å². The summed E-state index contributed by atoms with van der Waals surface area (Å²) in [5, 5.41) is 13.2. The minimum atomic E-state index is 0.0726. The Kier molecular flexibility index (Phi) is 9.13. The van der Waals surface area contributed by atoms with Crippen molar-refractivity contribution in [3.63, 3.8) is 0 Å². The number of hydrogen-bond donors (Lipinski definition) is 1. The number of carbonyl (C=O) groups is 1. The monoisotopic (exact) mass is 541 g/mol. The number of piperazine rings is 1. The number of rotatable bonds is 5. The van der Waals surface area contributed by atoms with E-state index < -0.39 is 0 Å². The van der Waals surface area contributed by atoms with Gasteiger partial charge in [0.25, 0.3) is 0 Å². The van der Waals surface area contributed by atoms with Gasteiger partial charge in [0, 0.05) is 60.7 Å². The Labute approximate surface area is 228 Å². The number of aryl methyl sites for hydroxylation is 2. The van der Waals surface area contributed by atoms with Gasteiger partial charge in [-0.3, -0.25) is 14.4 Å². The lowest BCUT2D eigenvalue weighted by Crippen LogP contribution is -2.45. The normalized spacial score (nSPS) is 15.7. The van der Waals surface area contributed by atoms with Crippen LogP contribution in [-0.4, -0.2) is 82.5 Å². The molecule has 0 saturated carbocycles. The molecular weight excluding hydrogens is 506 g/mol. The molecule has 2 aliphatic rings. The second kappa shape index (κ2) is 12.3. The summed E-state index contributed by atoms with van der Waals surface area (Å²) in [6, 6.07) is 7.86. The number of thiophene rings is 1. The van der Waals surface area contributed by atoms with Gasteiger partial charge in [-0.1, -0.05) is 23.7 Å². The number of nitrogens with one attached hydrogen (secondary N) is 1. The van der Waals surface area contributed by atoms with Crippen LogP contribution in [0.3, 0.4) is 0 Å². The summed E-state index contributed by atoms with van der Waals surface area (Å²) in [5.41, 5.74) is 4.52. The minimum absolute atomic E-state index is 0.0726. The summed E-state index contributed by atoms with van der Waals surface area (Å²) in [4.78, 5) is 21.6. The predicted molar refractivity (Wildman–Crippen MR) is 151 cm³/mol. The van der Waals surface area contributed by atoms with Gasteiger partial charge in [-0.15, -0.1) is 21.5 Å². The third-order valence-corrected chi connectivity index (χ3v) is 8.26. The molecule has 1 N–H and O–H groups in total. The Morgan fingerprint density at radius 2 is 1.78 bits per heavy atom. The topological polar surface area (TPSA) is 78.7 Å². The fourth-order valence-electron chi connectivity index (χ4n) is 4.53. The van der Waals surface area contributed by atoms with Crippen molar-refractivity contribution in [3.8, 4) is 5.00 Å². The van der Waals surface area contributed by atoms with Crippen LogP contribution in [0.25, 0.3) is 5.00 Å². The number of nitrogens with zero attached hydrogens (tertiary/aromatic N) is 6. The molecule has 1 fully saturated rings. The van der Waals surface area contributed by atoms with Crippen molar-refractivity contribution in [2.24, 2.45) is 4.99 Å². The standard InChI is InChI=1S/C17H15ClN4S.C10H21N3O/c1-9-10(2)23-17-15(9)16(12-4-6-13(18)7-5-12)19-8-14-21-20-11(3)22(14)17;1-10(14)11-4-3-5-13-8-6-12(2)7-9-13/h4-7H,8H2,1-3H3;3-9H2,1-2H3,(H,11,14). The molecule has 0 spiro atoms. The quantitative estimate of drug-likeness (QED) is 0.494. The summed E-state index contributed by atoms with van der Waals surface area (Å²) >= 11 is 7.80. The van der Waals surface area contributed by atoms with E-state index in [4.69, 9.17) is 16.6 Å². The van der Waals surface area contributed by atoms with E-state index >= 15 is 0 Å². The molecule has 2 aromatic heterocycles. The van der Waals surface area contributed by atoms with E-state index in [9.17, 15) is 4.79 Å². The summed E-state index contributed by atoms with van der Waals surface area (Å²) in [6.07, 6.45) is 1.06. The Balaban J connectivity index is 0.000000197. The van der Waals surface area contributed by atoms with Crippen molar-refractivity contribution >= 4 is 34.6 Å². The molecule has 2 aliphatic heterocycles. The van der Waals surface area contributed by atoms with E-state index in [0.29, 0.717) is 6.54 Å². The Morgan fingerprint density at radius 1 is 1.08 bits per heavy atom. The maximum Gasteiger partial charge on any atom is 0.216 e. The fourth-order valence-corrected chi connectivity index (χ4v) is 5.88. The van der Waals surface area contributed by atoms with Crippen molar-refractivity contribution < 1.29 is 4.79 Å². The molecule has 5 rings (SSSR count). The molecule has 1 amide bonds. The molecule has 3 aromatic rings. The van der Waals surface area contributed by atoms with Crippen LogP contribution < -0.4 is 5.32 Å². The Morgan fingerprint density at radius 3 is 2.46 bits per heavy atom. The summed E-state index contributed by atoms with van der Waals surface area (Å²) in [6.45, 7) is 14.9. The first kappa shape index (κ1) is 27.4. The number of aliphatic imine (C=N–C) groups is 1. The minimum Gasteiger partial charge on any atom is -0.356 e. The maximum absolute atomic E-state index is 10.6. The number of amides is 1. The average molecular weight is 542 g/mol. The highest BCUT2D eigenvalue weighted by Crippen LogP contribution is 2.36. The van der Waals surface area contributed by atoms with Gasteiger partial charge in [-0.05, 0) is 58.5 Å². The number of halogens is 1. The zero-order valence-corrected chi connectivity index (χ0v) is 23.9. The fraction of sp³-hybridized carbons (Fsp3) is 0.481. The SMILES string of the molecule is CC(=O)NCCCN1CCN(C)CC1.Cc1sc2c(c1C)C(c1ccc(Cl)cc1)=NCc1nnc(C)n1-2. The van der Waals surface area contributed by atoms with Crippen molar-refractivity contribution in [2.75, 3.05) is 46.3 Å². The molecule has 0 unspecified atom stereocenters. The highest BCUT2D eigenvalue weighted by molar-refractivity contribution is 7.15. The van der Waals surface area contributed by atoms with Gasteiger partial charge in [0.1, 0.15) is 17.4 Å². The van der Waals surface area contributed by atoms with Gasteiger partial charge >= 0.3 is 0 Å². The second-order valence-electron chi connectivity index (χ2n) is 9.62. The molecule has 10 heteroatoms. The van der Waals surface area contributed by atoms with E-state index in [1.54, 1.807) is 18.3 Å². The van der Waals surface area contributed by atoms with Crippen LogP contribution in [0.5, 0.6) is 0 Å². The molecule has 0 atom stereocenters. The highest BCUT2D eigenvalue weighted by atomic mass is 35.5. The molecule has 198 valence electrons. The third kappa shape index (κ3) is 6.65. The van der Waals surface area contributed by atoms with E-state index in [1.807, 2.05) is 31.2 Å². The summed E-state index contributed by atoms with van der Waals surface area (Å²) in [7, 11) is 2.16. The van der Waals surface area contributed by atoms with E-state index in [1.165, 1.54) is 29.1 Å². The van der Waals surface area contributed by atoms with Gasteiger partial charge < -0.3 is 15.1 Å². The van der Waals surface area contributed by atoms with E-state index in [2.05, 4.69) is 50.8 Å². The lowest BCUT2D eigenvalue weighted by molar-refractivity contribution is -0.118. The van der Waals surface area contributed by atoms with Crippen LogP contribution in [-0.2, 0) is 11.3 Å².